The van der Waals surface area contributed by atoms with Gasteiger partial charge in [0.2, 0.25) is 11.8 Å². The van der Waals surface area contributed by atoms with Crippen LogP contribution in [0.15, 0.2) is 5.38 Å². The minimum absolute atomic E-state index is 0.0608. The van der Waals surface area contributed by atoms with Crippen LogP contribution in [-0.4, -0.2) is 28.8 Å². The summed E-state index contributed by atoms with van der Waals surface area (Å²) in [6, 6.07) is 0. The first-order valence-electron chi connectivity index (χ1n) is 4.63. The van der Waals surface area contributed by atoms with Gasteiger partial charge in [-0.15, -0.1) is 11.3 Å². The molecule has 1 rings (SSSR count). The molecule has 0 aromatic carbocycles. The third-order valence-corrected chi connectivity index (χ3v) is 3.11. The van der Waals surface area contributed by atoms with Crippen LogP contribution >= 0.6 is 23.1 Å². The number of primary amides is 1. The van der Waals surface area contributed by atoms with Gasteiger partial charge in [-0.05, 0) is 6.26 Å². The lowest BCUT2D eigenvalue weighted by molar-refractivity contribution is -0.117. The first-order valence-corrected chi connectivity index (χ1v) is 6.90. The third kappa shape index (κ3) is 4.63. The Kier molecular flexibility index (Phi) is 5.27. The molecule has 7 heteroatoms. The average Bonchev–Trinajstić information content (AvgIpc) is 2.61. The van der Waals surface area contributed by atoms with Crippen LogP contribution in [0.3, 0.4) is 0 Å². The summed E-state index contributed by atoms with van der Waals surface area (Å²) < 4.78 is 0. The van der Waals surface area contributed by atoms with Gasteiger partial charge in [-0.3, -0.25) is 9.59 Å². The van der Waals surface area contributed by atoms with E-state index in [-0.39, 0.29) is 12.3 Å². The zero-order valence-corrected chi connectivity index (χ0v) is 10.5. The molecule has 5 nitrogen and oxygen atoms in total. The van der Waals surface area contributed by atoms with Crippen LogP contribution in [-0.2, 0) is 16.0 Å². The van der Waals surface area contributed by atoms with Crippen molar-refractivity contribution in [2.75, 3.05) is 17.3 Å². The number of carbonyl (C=O) groups excluding carboxylic acids is 2. The molecule has 0 atom stereocenters. The largest absolute Gasteiger partial charge is 0.369 e. The lowest BCUT2D eigenvalue weighted by Gasteiger charge is -1.99. The normalized spacial score (nSPS) is 10.1. The lowest BCUT2D eigenvalue weighted by atomic mass is 10.3. The minimum atomic E-state index is -0.425. The summed E-state index contributed by atoms with van der Waals surface area (Å²) in [4.78, 5) is 26.1. The topological polar surface area (TPSA) is 85.1 Å². The molecule has 0 aliphatic rings. The van der Waals surface area contributed by atoms with Crippen molar-refractivity contribution in [3.8, 4) is 0 Å². The quantitative estimate of drug-likeness (QED) is 0.793. The van der Waals surface area contributed by atoms with Crippen LogP contribution in [0.5, 0.6) is 0 Å². The van der Waals surface area contributed by atoms with Crippen LogP contribution in [0.1, 0.15) is 12.1 Å². The fraction of sp³-hybridized carbons (Fsp3) is 0.444. The average molecular weight is 259 g/mol. The molecule has 0 saturated carbocycles. The molecule has 1 aromatic rings. The number of rotatable bonds is 6. The molecule has 1 aromatic heterocycles. The van der Waals surface area contributed by atoms with E-state index in [2.05, 4.69) is 10.3 Å². The third-order valence-electron chi connectivity index (χ3n) is 1.69. The van der Waals surface area contributed by atoms with Gasteiger partial charge in [0.15, 0.2) is 5.13 Å². The number of hydrogen-bond donors (Lipinski definition) is 2. The maximum absolute atomic E-state index is 11.4. The first-order chi connectivity index (χ1) is 7.61. The number of aromatic nitrogens is 1. The van der Waals surface area contributed by atoms with Crippen molar-refractivity contribution in [3.05, 3.63) is 11.1 Å². The molecule has 0 aliphatic carbocycles. The molecular formula is C9H13N3O2S2. The van der Waals surface area contributed by atoms with Crippen LogP contribution < -0.4 is 11.1 Å². The number of thiazole rings is 1. The summed E-state index contributed by atoms with van der Waals surface area (Å²) in [5.41, 5.74) is 5.63. The number of nitrogens with one attached hydrogen (secondary N) is 1. The number of thioether (sulfide) groups is 1. The predicted molar refractivity (Wildman–Crippen MR) is 66.6 cm³/mol. The molecule has 1 heterocycles. The minimum Gasteiger partial charge on any atom is -0.369 e. The highest BCUT2D eigenvalue weighted by molar-refractivity contribution is 7.98. The van der Waals surface area contributed by atoms with E-state index >= 15 is 0 Å². The van der Waals surface area contributed by atoms with E-state index in [1.807, 2.05) is 6.26 Å². The van der Waals surface area contributed by atoms with Gasteiger partial charge in [0.25, 0.3) is 0 Å². The number of hydrogen-bond acceptors (Lipinski definition) is 5. The van der Waals surface area contributed by atoms with Crippen LogP contribution in [0.2, 0.25) is 0 Å². The Morgan fingerprint density at radius 2 is 2.38 bits per heavy atom. The highest BCUT2D eigenvalue weighted by Crippen LogP contribution is 2.16. The Balaban J connectivity index is 2.45. The monoisotopic (exact) mass is 259 g/mol. The Hall–Kier alpha value is -1.08. The van der Waals surface area contributed by atoms with Gasteiger partial charge in [-0.1, -0.05) is 0 Å². The number of carbonyl (C=O) groups is 2. The maximum atomic E-state index is 11.4. The van der Waals surface area contributed by atoms with Gasteiger partial charge in [0.1, 0.15) is 0 Å². The Labute approximate surface area is 102 Å². The molecule has 0 fully saturated rings. The van der Waals surface area contributed by atoms with E-state index in [0.29, 0.717) is 17.2 Å². The van der Waals surface area contributed by atoms with Crippen LogP contribution in [0.25, 0.3) is 0 Å². The Bertz CT molecular complexity index is 379. The summed E-state index contributed by atoms with van der Waals surface area (Å²) >= 11 is 2.91. The summed E-state index contributed by atoms with van der Waals surface area (Å²) in [6.07, 6.45) is 2.52. The summed E-state index contributed by atoms with van der Waals surface area (Å²) in [6.45, 7) is 0. The van der Waals surface area contributed by atoms with Gasteiger partial charge >= 0.3 is 0 Å². The van der Waals surface area contributed by atoms with E-state index in [1.54, 1.807) is 17.1 Å². The van der Waals surface area contributed by atoms with Gasteiger partial charge in [0.05, 0.1) is 12.1 Å². The van der Waals surface area contributed by atoms with E-state index in [4.69, 9.17) is 5.73 Å². The molecule has 0 spiro atoms. The van der Waals surface area contributed by atoms with Crippen molar-refractivity contribution in [3.63, 3.8) is 0 Å². The Morgan fingerprint density at radius 1 is 1.62 bits per heavy atom. The zero-order chi connectivity index (χ0) is 12.0. The maximum Gasteiger partial charge on any atom is 0.226 e. The molecule has 0 aliphatic heterocycles. The van der Waals surface area contributed by atoms with Gasteiger partial charge < -0.3 is 11.1 Å². The van der Waals surface area contributed by atoms with E-state index < -0.39 is 5.91 Å². The van der Waals surface area contributed by atoms with Gasteiger partial charge in [-0.2, -0.15) is 11.8 Å². The second-order valence-electron chi connectivity index (χ2n) is 3.08. The molecule has 0 saturated heterocycles. The fourth-order valence-corrected chi connectivity index (χ4v) is 2.12. The number of amides is 2. The second-order valence-corrected chi connectivity index (χ2v) is 4.92. The van der Waals surface area contributed by atoms with Crippen molar-refractivity contribution >= 4 is 40.0 Å². The van der Waals surface area contributed by atoms with Crippen molar-refractivity contribution in [1.82, 2.24) is 4.98 Å². The van der Waals surface area contributed by atoms with Gasteiger partial charge in [0, 0.05) is 17.6 Å². The molecular weight excluding hydrogens is 246 g/mol. The van der Waals surface area contributed by atoms with Crippen LogP contribution in [0, 0.1) is 0 Å². The Morgan fingerprint density at radius 3 is 3.00 bits per heavy atom. The van der Waals surface area contributed by atoms with Gasteiger partial charge in [-0.25, -0.2) is 4.98 Å². The lowest BCUT2D eigenvalue weighted by Crippen LogP contribution is -2.14. The van der Waals surface area contributed by atoms with Crippen molar-refractivity contribution in [1.29, 1.82) is 0 Å². The zero-order valence-electron chi connectivity index (χ0n) is 8.86. The standard InChI is InChI=1S/C9H13N3O2S2/c1-15-3-2-8(14)12-9-11-6(5-16-9)4-7(10)13/h5H,2-4H2,1H3,(H2,10,13)(H,11,12,14). The van der Waals surface area contributed by atoms with Crippen molar-refractivity contribution in [2.24, 2.45) is 5.73 Å². The number of nitrogens with zero attached hydrogens (tertiary/aromatic N) is 1. The fourth-order valence-electron chi connectivity index (χ4n) is 1.00. The molecule has 0 radical (unpaired) electrons. The summed E-state index contributed by atoms with van der Waals surface area (Å²) in [7, 11) is 0. The molecule has 2 amide bonds. The van der Waals surface area contributed by atoms with E-state index in [1.165, 1.54) is 11.3 Å². The smallest absolute Gasteiger partial charge is 0.226 e. The molecule has 16 heavy (non-hydrogen) atoms. The predicted octanol–water partition coefficient (Wildman–Crippen LogP) is 0.863. The SMILES string of the molecule is CSCCC(=O)Nc1nc(CC(N)=O)cs1. The van der Waals surface area contributed by atoms with E-state index in [0.717, 1.165) is 5.75 Å². The first kappa shape index (κ1) is 13.0. The summed E-state index contributed by atoms with van der Waals surface area (Å²) in [5, 5.41) is 4.91. The second kappa shape index (κ2) is 6.49. The molecule has 88 valence electrons. The van der Waals surface area contributed by atoms with Crippen molar-refractivity contribution in [2.45, 2.75) is 12.8 Å². The highest BCUT2D eigenvalue weighted by Gasteiger charge is 2.07. The summed E-state index contributed by atoms with van der Waals surface area (Å²) in [5.74, 6) is 0.297. The number of nitrogens with two attached hydrogens (primary N) is 1. The van der Waals surface area contributed by atoms with E-state index in [9.17, 15) is 9.59 Å². The molecule has 3 N–H and O–H groups in total. The van der Waals surface area contributed by atoms with Crippen LogP contribution in [0.4, 0.5) is 5.13 Å². The van der Waals surface area contributed by atoms with Crippen molar-refractivity contribution < 1.29 is 9.59 Å². The molecule has 0 bridgehead atoms. The highest BCUT2D eigenvalue weighted by atomic mass is 32.2. The number of anilines is 1. The molecule has 0 unspecified atom stereocenters.